The Labute approximate surface area is 114 Å². The van der Waals surface area contributed by atoms with Crippen molar-refractivity contribution in [2.24, 2.45) is 5.92 Å². The number of hydrogen-bond acceptors (Lipinski definition) is 3. The number of fused-ring (bicyclic) bond motifs is 2. The van der Waals surface area contributed by atoms with Crippen LogP contribution in [0.3, 0.4) is 0 Å². The summed E-state index contributed by atoms with van der Waals surface area (Å²) >= 11 is 4.68. The van der Waals surface area contributed by atoms with E-state index in [1.54, 1.807) is 7.11 Å². The van der Waals surface area contributed by atoms with Gasteiger partial charge < -0.3 is 9.47 Å². The summed E-state index contributed by atoms with van der Waals surface area (Å²) in [5.74, 6) is 0.642. The molecule has 1 aliphatic heterocycles. The molecule has 2 fully saturated rings. The first-order valence-corrected chi connectivity index (χ1v) is 7.14. The molecule has 4 atom stereocenters. The van der Waals surface area contributed by atoms with Gasteiger partial charge in [-0.25, -0.2) is 0 Å². The zero-order chi connectivity index (χ0) is 12.6. The third kappa shape index (κ3) is 2.09. The fraction of sp³-hybridized carbons (Fsp3) is 0.600. The number of benzene rings is 1. The van der Waals surface area contributed by atoms with Gasteiger partial charge in [0.2, 0.25) is 0 Å². The minimum absolute atomic E-state index is 0.137. The molecule has 0 radical (unpaired) electrons. The molecule has 1 heterocycles. The topological polar surface area (TPSA) is 18.5 Å². The van der Waals surface area contributed by atoms with Gasteiger partial charge in [0.25, 0.3) is 0 Å². The summed E-state index contributed by atoms with van der Waals surface area (Å²) in [6.07, 6.45) is 3.61. The number of hydrogen-bond donors (Lipinski definition) is 1. The van der Waals surface area contributed by atoms with E-state index >= 15 is 0 Å². The van der Waals surface area contributed by atoms with Gasteiger partial charge in [0.05, 0.1) is 12.7 Å². The Bertz CT molecular complexity index is 408. The lowest BCUT2D eigenvalue weighted by atomic mass is 9.96. The van der Waals surface area contributed by atoms with E-state index in [2.05, 4.69) is 43.0 Å². The summed E-state index contributed by atoms with van der Waals surface area (Å²) in [7, 11) is 1.75. The summed E-state index contributed by atoms with van der Waals surface area (Å²) in [6, 6.07) is 10.6. The number of rotatable bonds is 4. The van der Waals surface area contributed by atoms with E-state index in [1.807, 2.05) is 0 Å². The molecule has 1 aromatic rings. The van der Waals surface area contributed by atoms with Gasteiger partial charge in [-0.15, -0.1) is 0 Å². The maximum Gasteiger partial charge on any atom is 0.104 e. The van der Waals surface area contributed by atoms with Gasteiger partial charge >= 0.3 is 0 Å². The molecule has 98 valence electrons. The van der Waals surface area contributed by atoms with Crippen LogP contribution in [0, 0.1) is 5.92 Å². The number of methoxy groups -OCH3 is 1. The molecular formula is C15H20O2S. The summed E-state index contributed by atoms with van der Waals surface area (Å²) in [6.45, 7) is 0.670. The van der Waals surface area contributed by atoms with Crippen LogP contribution < -0.4 is 0 Å². The van der Waals surface area contributed by atoms with Crippen molar-refractivity contribution < 1.29 is 9.47 Å². The highest BCUT2D eigenvalue weighted by molar-refractivity contribution is 7.81. The predicted octanol–water partition coefficient (Wildman–Crippen LogP) is 2.72. The third-order valence-corrected chi connectivity index (χ3v) is 5.00. The van der Waals surface area contributed by atoms with E-state index < -0.39 is 0 Å². The zero-order valence-electron chi connectivity index (χ0n) is 10.7. The van der Waals surface area contributed by atoms with Crippen molar-refractivity contribution in [3.63, 3.8) is 0 Å². The van der Waals surface area contributed by atoms with Crippen LogP contribution in [0.5, 0.6) is 0 Å². The Morgan fingerprint density at radius 2 is 2.17 bits per heavy atom. The maximum absolute atomic E-state index is 6.30. The smallest absolute Gasteiger partial charge is 0.104 e. The van der Waals surface area contributed by atoms with E-state index in [0.29, 0.717) is 23.9 Å². The first-order chi connectivity index (χ1) is 8.73. The standard InChI is InChI=1S/C15H20O2S/c1-16-10-15-9-12(8-14(15)18)13(17-15)7-11-5-3-2-4-6-11/h2-6,12-14,18H,7-10H2,1H3/t12-,13+,14-,15+/m1/s1. The monoisotopic (exact) mass is 264 g/mol. The molecule has 0 unspecified atom stereocenters. The SMILES string of the molecule is COC[C@@]12C[C@@H](C[C@H]1S)[C@H](Cc1ccccc1)O2. The van der Waals surface area contributed by atoms with Gasteiger partial charge in [-0.2, -0.15) is 12.6 Å². The first-order valence-electron chi connectivity index (χ1n) is 6.62. The molecule has 0 aromatic heterocycles. The van der Waals surface area contributed by atoms with Gasteiger partial charge in [-0.1, -0.05) is 30.3 Å². The normalized spacial score (nSPS) is 38.2. The minimum Gasteiger partial charge on any atom is -0.382 e. The molecule has 0 N–H and O–H groups in total. The quantitative estimate of drug-likeness (QED) is 0.843. The van der Waals surface area contributed by atoms with E-state index in [9.17, 15) is 0 Å². The van der Waals surface area contributed by atoms with Crippen LogP contribution in [-0.2, 0) is 15.9 Å². The average Bonchev–Trinajstić information content (AvgIpc) is 2.85. The Kier molecular flexibility index (Phi) is 3.39. The fourth-order valence-corrected chi connectivity index (χ4v) is 3.97. The lowest BCUT2D eigenvalue weighted by Crippen LogP contribution is -2.44. The van der Waals surface area contributed by atoms with Crippen LogP contribution in [0.1, 0.15) is 18.4 Å². The first kappa shape index (κ1) is 12.5. The second kappa shape index (κ2) is 4.87. The van der Waals surface area contributed by atoms with Crippen molar-refractivity contribution in [1.29, 1.82) is 0 Å². The molecule has 1 aliphatic carbocycles. The minimum atomic E-state index is -0.137. The second-order valence-corrected chi connectivity index (χ2v) is 6.18. The summed E-state index contributed by atoms with van der Waals surface area (Å²) in [5.41, 5.74) is 1.22. The Morgan fingerprint density at radius 1 is 1.39 bits per heavy atom. The molecular weight excluding hydrogens is 244 g/mol. The molecule has 0 spiro atoms. The molecule has 0 amide bonds. The molecule has 18 heavy (non-hydrogen) atoms. The van der Waals surface area contributed by atoms with Crippen LogP contribution in [0.15, 0.2) is 30.3 Å². The Morgan fingerprint density at radius 3 is 2.89 bits per heavy atom. The van der Waals surface area contributed by atoms with Crippen molar-refractivity contribution in [3.05, 3.63) is 35.9 Å². The maximum atomic E-state index is 6.30. The lowest BCUT2D eigenvalue weighted by molar-refractivity contribution is -0.0979. The van der Waals surface area contributed by atoms with Crippen LogP contribution in [0.2, 0.25) is 0 Å². The average molecular weight is 264 g/mol. The number of thiol groups is 1. The molecule has 2 aliphatic rings. The molecule has 1 aromatic carbocycles. The Balaban J connectivity index is 1.71. The predicted molar refractivity (Wildman–Crippen MR) is 75.1 cm³/mol. The van der Waals surface area contributed by atoms with E-state index in [-0.39, 0.29) is 5.60 Å². The number of ether oxygens (including phenoxy) is 2. The summed E-state index contributed by atoms with van der Waals surface area (Å²) < 4.78 is 11.6. The van der Waals surface area contributed by atoms with Gasteiger partial charge in [-0.05, 0) is 30.7 Å². The molecule has 1 saturated carbocycles. The fourth-order valence-electron chi connectivity index (χ4n) is 3.46. The molecule has 3 rings (SSSR count). The van der Waals surface area contributed by atoms with Crippen molar-refractivity contribution in [2.75, 3.05) is 13.7 Å². The van der Waals surface area contributed by atoms with Crippen LogP contribution >= 0.6 is 12.6 Å². The van der Waals surface area contributed by atoms with Crippen molar-refractivity contribution in [2.45, 2.75) is 36.2 Å². The van der Waals surface area contributed by atoms with E-state index in [1.165, 1.54) is 5.56 Å². The summed E-state index contributed by atoms with van der Waals surface area (Å²) in [4.78, 5) is 0. The van der Waals surface area contributed by atoms with Crippen molar-refractivity contribution in [3.8, 4) is 0 Å². The highest BCUT2D eigenvalue weighted by atomic mass is 32.1. The second-order valence-electron chi connectivity index (χ2n) is 5.56. The molecule has 3 heteroatoms. The highest BCUT2D eigenvalue weighted by Gasteiger charge is 2.56. The Hall–Kier alpha value is -0.510. The van der Waals surface area contributed by atoms with Gasteiger partial charge in [0.15, 0.2) is 0 Å². The van der Waals surface area contributed by atoms with Crippen molar-refractivity contribution >= 4 is 12.6 Å². The van der Waals surface area contributed by atoms with Crippen LogP contribution in [-0.4, -0.2) is 30.7 Å². The zero-order valence-corrected chi connectivity index (χ0v) is 11.6. The largest absolute Gasteiger partial charge is 0.382 e. The van der Waals surface area contributed by atoms with Crippen LogP contribution in [0.4, 0.5) is 0 Å². The van der Waals surface area contributed by atoms with Gasteiger partial charge in [0.1, 0.15) is 5.60 Å². The third-order valence-electron chi connectivity index (χ3n) is 4.32. The van der Waals surface area contributed by atoms with E-state index in [4.69, 9.17) is 9.47 Å². The molecule has 2 bridgehead atoms. The van der Waals surface area contributed by atoms with E-state index in [0.717, 1.165) is 19.3 Å². The lowest BCUT2D eigenvalue weighted by Gasteiger charge is -2.35. The van der Waals surface area contributed by atoms with Gasteiger partial charge in [-0.3, -0.25) is 0 Å². The molecule has 1 saturated heterocycles. The van der Waals surface area contributed by atoms with Gasteiger partial charge in [0, 0.05) is 12.4 Å². The van der Waals surface area contributed by atoms with Crippen LogP contribution in [0.25, 0.3) is 0 Å². The summed E-state index contributed by atoms with van der Waals surface area (Å²) in [5, 5.41) is 0.328. The highest BCUT2D eigenvalue weighted by Crippen LogP contribution is 2.51. The molecule has 2 nitrogen and oxygen atoms in total. The van der Waals surface area contributed by atoms with Crippen molar-refractivity contribution in [1.82, 2.24) is 0 Å².